The van der Waals surface area contributed by atoms with E-state index in [4.69, 9.17) is 9.84 Å². The second kappa shape index (κ2) is 4.59. The van der Waals surface area contributed by atoms with Crippen LogP contribution in [0.3, 0.4) is 0 Å². The van der Waals surface area contributed by atoms with E-state index < -0.39 is 12.1 Å². The van der Waals surface area contributed by atoms with Gasteiger partial charge in [-0.25, -0.2) is 4.79 Å². The largest absolute Gasteiger partial charge is 0.479 e. The Morgan fingerprint density at radius 2 is 2.20 bits per heavy atom. The Balaban J connectivity index is 2.94. The highest BCUT2D eigenvalue weighted by atomic mass is 16.5. The van der Waals surface area contributed by atoms with Gasteiger partial charge >= 0.3 is 5.97 Å². The van der Waals surface area contributed by atoms with E-state index in [9.17, 15) is 9.59 Å². The van der Waals surface area contributed by atoms with Gasteiger partial charge in [-0.3, -0.25) is 4.79 Å². The van der Waals surface area contributed by atoms with E-state index in [1.807, 2.05) is 6.92 Å². The molecule has 0 aliphatic heterocycles. The Kier molecular flexibility index (Phi) is 3.44. The normalized spacial score (nSPS) is 11.9. The molecule has 1 aromatic rings. The maximum atomic E-state index is 10.7. The number of carboxylic acids is 1. The van der Waals surface area contributed by atoms with Crippen LogP contribution in [0.5, 0.6) is 5.75 Å². The van der Waals surface area contributed by atoms with Crippen LogP contribution in [0.25, 0.3) is 0 Å². The van der Waals surface area contributed by atoms with Crippen LogP contribution in [0.1, 0.15) is 22.8 Å². The summed E-state index contributed by atoms with van der Waals surface area (Å²) in [5.74, 6) is -0.766. The number of aliphatic carboxylic acids is 1. The zero-order chi connectivity index (χ0) is 11.4. The van der Waals surface area contributed by atoms with E-state index in [0.29, 0.717) is 17.6 Å². The first kappa shape index (κ1) is 11.2. The molecule has 0 saturated heterocycles. The number of aldehydes is 1. The molecule has 0 radical (unpaired) electrons. The third kappa shape index (κ3) is 2.80. The lowest BCUT2D eigenvalue weighted by molar-refractivity contribution is -0.144. The number of carbonyl (C=O) groups is 2. The lowest BCUT2D eigenvalue weighted by Gasteiger charge is -2.12. The van der Waals surface area contributed by atoms with Gasteiger partial charge in [-0.2, -0.15) is 0 Å². The fourth-order valence-corrected chi connectivity index (χ4v) is 1.11. The topological polar surface area (TPSA) is 63.6 Å². The molecule has 0 aliphatic carbocycles. The van der Waals surface area contributed by atoms with Crippen molar-refractivity contribution in [2.45, 2.75) is 20.0 Å². The summed E-state index contributed by atoms with van der Waals surface area (Å²) in [6.45, 7) is 3.26. The van der Waals surface area contributed by atoms with Gasteiger partial charge in [-0.1, -0.05) is 11.6 Å². The molecule has 0 spiro atoms. The fraction of sp³-hybridized carbons (Fsp3) is 0.273. The first-order valence-corrected chi connectivity index (χ1v) is 4.50. The van der Waals surface area contributed by atoms with E-state index in [1.54, 1.807) is 18.2 Å². The summed E-state index contributed by atoms with van der Waals surface area (Å²) in [7, 11) is 0. The van der Waals surface area contributed by atoms with E-state index in [-0.39, 0.29) is 0 Å². The highest BCUT2D eigenvalue weighted by Gasteiger charge is 2.14. The minimum atomic E-state index is -1.06. The maximum absolute atomic E-state index is 10.7. The molecule has 0 saturated carbocycles. The van der Waals surface area contributed by atoms with E-state index in [2.05, 4.69) is 0 Å². The Morgan fingerprint density at radius 3 is 2.73 bits per heavy atom. The van der Waals surface area contributed by atoms with Crippen LogP contribution in [0.15, 0.2) is 18.2 Å². The third-order valence-electron chi connectivity index (χ3n) is 1.94. The lowest BCUT2D eigenvalue weighted by Crippen LogP contribution is -2.23. The second-order valence-electron chi connectivity index (χ2n) is 3.26. The van der Waals surface area contributed by atoms with Crippen molar-refractivity contribution in [2.75, 3.05) is 0 Å². The average molecular weight is 208 g/mol. The Hall–Kier alpha value is -1.84. The summed E-state index contributed by atoms with van der Waals surface area (Å²) in [6, 6.07) is 5.01. The van der Waals surface area contributed by atoms with Crippen LogP contribution in [0.4, 0.5) is 0 Å². The smallest absolute Gasteiger partial charge is 0.344 e. The van der Waals surface area contributed by atoms with Gasteiger partial charge in [-0.05, 0) is 26.0 Å². The van der Waals surface area contributed by atoms with Crippen molar-refractivity contribution >= 4 is 12.3 Å². The molecule has 4 nitrogen and oxygen atoms in total. The molecule has 15 heavy (non-hydrogen) atoms. The molecular weight excluding hydrogens is 196 g/mol. The van der Waals surface area contributed by atoms with Crippen LogP contribution in [-0.4, -0.2) is 23.5 Å². The van der Waals surface area contributed by atoms with Crippen molar-refractivity contribution < 1.29 is 19.4 Å². The van der Waals surface area contributed by atoms with Gasteiger partial charge in [-0.15, -0.1) is 0 Å². The number of ether oxygens (including phenoxy) is 1. The Morgan fingerprint density at radius 1 is 1.53 bits per heavy atom. The Bertz CT molecular complexity index is 384. The van der Waals surface area contributed by atoms with Crippen molar-refractivity contribution in [3.63, 3.8) is 0 Å². The molecule has 1 aromatic carbocycles. The van der Waals surface area contributed by atoms with Crippen molar-refractivity contribution in [1.29, 1.82) is 0 Å². The molecular formula is C11H12O4. The molecule has 1 rings (SSSR count). The van der Waals surface area contributed by atoms with E-state index in [1.165, 1.54) is 6.92 Å². The van der Waals surface area contributed by atoms with Gasteiger partial charge < -0.3 is 9.84 Å². The van der Waals surface area contributed by atoms with Gasteiger partial charge in [0.1, 0.15) is 5.75 Å². The minimum Gasteiger partial charge on any atom is -0.479 e. The number of carboxylic acid groups (broad SMARTS) is 1. The third-order valence-corrected chi connectivity index (χ3v) is 1.94. The van der Waals surface area contributed by atoms with Crippen LogP contribution >= 0.6 is 0 Å². The molecule has 1 unspecified atom stereocenters. The number of rotatable bonds is 4. The molecule has 4 heteroatoms. The van der Waals surface area contributed by atoms with Crippen molar-refractivity contribution in [1.82, 2.24) is 0 Å². The highest BCUT2D eigenvalue weighted by Crippen LogP contribution is 2.19. The van der Waals surface area contributed by atoms with Gasteiger partial charge in [0.25, 0.3) is 0 Å². The van der Waals surface area contributed by atoms with Gasteiger partial charge in [0.15, 0.2) is 12.4 Å². The predicted octanol–water partition coefficient (Wildman–Crippen LogP) is 1.66. The quantitative estimate of drug-likeness (QED) is 0.764. The summed E-state index contributed by atoms with van der Waals surface area (Å²) in [5.41, 5.74) is 1.29. The molecule has 0 aliphatic rings. The number of aryl methyl sites for hydroxylation is 1. The number of benzene rings is 1. The number of carbonyl (C=O) groups excluding carboxylic acids is 1. The molecule has 0 bridgehead atoms. The van der Waals surface area contributed by atoms with Crippen LogP contribution in [0.2, 0.25) is 0 Å². The molecule has 0 amide bonds. The molecule has 0 fully saturated rings. The van der Waals surface area contributed by atoms with Crippen molar-refractivity contribution in [3.8, 4) is 5.75 Å². The zero-order valence-electron chi connectivity index (χ0n) is 8.56. The van der Waals surface area contributed by atoms with Crippen LogP contribution in [0, 0.1) is 6.92 Å². The molecule has 80 valence electrons. The lowest BCUT2D eigenvalue weighted by atomic mass is 10.1. The zero-order valence-corrected chi connectivity index (χ0v) is 8.56. The van der Waals surface area contributed by atoms with Gasteiger partial charge in [0, 0.05) is 0 Å². The van der Waals surface area contributed by atoms with Crippen molar-refractivity contribution in [2.24, 2.45) is 0 Å². The predicted molar refractivity (Wildman–Crippen MR) is 54.3 cm³/mol. The fourth-order valence-electron chi connectivity index (χ4n) is 1.11. The molecule has 1 atom stereocenters. The monoisotopic (exact) mass is 208 g/mol. The highest BCUT2D eigenvalue weighted by molar-refractivity contribution is 5.80. The summed E-state index contributed by atoms with van der Waals surface area (Å²) in [6.07, 6.45) is -0.317. The molecule has 0 heterocycles. The first-order valence-electron chi connectivity index (χ1n) is 4.50. The van der Waals surface area contributed by atoms with E-state index >= 15 is 0 Å². The molecule has 1 N–H and O–H groups in total. The average Bonchev–Trinajstić information content (AvgIpc) is 2.20. The van der Waals surface area contributed by atoms with Crippen LogP contribution in [-0.2, 0) is 4.79 Å². The summed E-state index contributed by atoms with van der Waals surface area (Å²) in [5, 5.41) is 8.65. The van der Waals surface area contributed by atoms with Gasteiger partial charge in [0.2, 0.25) is 0 Å². The summed E-state index contributed by atoms with van der Waals surface area (Å²) < 4.78 is 5.12. The molecule has 0 aromatic heterocycles. The number of hydrogen-bond donors (Lipinski definition) is 1. The van der Waals surface area contributed by atoms with Gasteiger partial charge in [0.05, 0.1) is 5.56 Å². The summed E-state index contributed by atoms with van der Waals surface area (Å²) in [4.78, 5) is 21.3. The van der Waals surface area contributed by atoms with E-state index in [0.717, 1.165) is 5.56 Å². The summed E-state index contributed by atoms with van der Waals surface area (Å²) >= 11 is 0. The SMILES string of the molecule is Cc1ccc(OC(C)C(=O)O)c(C=O)c1. The minimum absolute atomic E-state index is 0.297. The standard InChI is InChI=1S/C11H12O4/c1-7-3-4-10(9(5-7)6-12)15-8(2)11(13)14/h3-6,8H,1-2H3,(H,13,14). The maximum Gasteiger partial charge on any atom is 0.344 e. The Labute approximate surface area is 87.5 Å². The van der Waals surface area contributed by atoms with Crippen LogP contribution < -0.4 is 4.74 Å². The second-order valence-corrected chi connectivity index (χ2v) is 3.26. The number of hydrogen-bond acceptors (Lipinski definition) is 3. The first-order chi connectivity index (χ1) is 7.04. The van der Waals surface area contributed by atoms with Crippen molar-refractivity contribution in [3.05, 3.63) is 29.3 Å².